The molecule has 0 aliphatic rings. The first-order chi connectivity index (χ1) is 18.4. The van der Waals surface area contributed by atoms with Crippen molar-refractivity contribution in [1.82, 2.24) is 20.2 Å². The van der Waals surface area contributed by atoms with Gasteiger partial charge in [0.25, 0.3) is 5.91 Å². The topological polar surface area (TPSA) is 93.4 Å². The SMILES string of the molecule is C[C@H](Nc1ccc(I)cc1)c1nnc(SCC(=O)NN=Cc2ccccc2OCc2ccc(Br)cc2)n1C. The van der Waals surface area contributed by atoms with Gasteiger partial charge in [0.15, 0.2) is 11.0 Å². The molecule has 1 amide bonds. The lowest BCUT2D eigenvalue weighted by atomic mass is 10.2. The van der Waals surface area contributed by atoms with E-state index in [4.69, 9.17) is 4.74 Å². The molecule has 0 spiro atoms. The number of hydrogen-bond donors (Lipinski definition) is 2. The third kappa shape index (κ3) is 8.05. The summed E-state index contributed by atoms with van der Waals surface area (Å²) in [6.07, 6.45) is 1.58. The van der Waals surface area contributed by atoms with Gasteiger partial charge in [-0.05, 0) is 83.6 Å². The predicted octanol–water partition coefficient (Wildman–Crippen LogP) is 6.18. The summed E-state index contributed by atoms with van der Waals surface area (Å²) in [6.45, 7) is 2.46. The second-order valence-corrected chi connectivity index (χ2v) is 11.4. The van der Waals surface area contributed by atoms with E-state index in [9.17, 15) is 4.79 Å². The van der Waals surface area contributed by atoms with E-state index in [1.165, 1.54) is 15.3 Å². The lowest BCUT2D eigenvalue weighted by Gasteiger charge is -2.14. The largest absolute Gasteiger partial charge is 0.488 e. The Hall–Kier alpha value is -2.90. The monoisotopic (exact) mass is 704 g/mol. The van der Waals surface area contributed by atoms with Crippen LogP contribution >= 0.6 is 50.3 Å². The van der Waals surface area contributed by atoms with Crippen LogP contribution in [0, 0.1) is 3.57 Å². The fraction of sp³-hybridized carbons (Fsp3) is 0.185. The molecular weight excluding hydrogens is 679 g/mol. The summed E-state index contributed by atoms with van der Waals surface area (Å²) >= 11 is 7.02. The first kappa shape index (κ1) is 28.1. The van der Waals surface area contributed by atoms with Crippen LogP contribution in [-0.4, -0.2) is 32.6 Å². The number of rotatable bonds is 11. The molecule has 1 atom stereocenters. The highest BCUT2D eigenvalue weighted by molar-refractivity contribution is 14.1. The quantitative estimate of drug-likeness (QED) is 0.0839. The third-order valence-corrected chi connectivity index (χ3v) is 7.70. The van der Waals surface area contributed by atoms with E-state index in [0.29, 0.717) is 17.5 Å². The number of hydrazone groups is 1. The van der Waals surface area contributed by atoms with Crippen LogP contribution < -0.4 is 15.5 Å². The molecule has 3 aromatic carbocycles. The number of hydrogen-bond acceptors (Lipinski definition) is 7. The van der Waals surface area contributed by atoms with Crippen molar-refractivity contribution in [3.05, 3.63) is 97.8 Å². The lowest BCUT2D eigenvalue weighted by molar-refractivity contribution is -0.118. The number of carbonyl (C=O) groups excluding carboxylic acids is 1. The Kier molecular flexibility index (Phi) is 10.2. The molecule has 0 aliphatic carbocycles. The zero-order chi connectivity index (χ0) is 26.9. The molecule has 196 valence electrons. The highest BCUT2D eigenvalue weighted by Gasteiger charge is 2.16. The van der Waals surface area contributed by atoms with Crippen LogP contribution in [0.3, 0.4) is 0 Å². The molecule has 0 bridgehead atoms. The average Bonchev–Trinajstić information content (AvgIpc) is 3.29. The summed E-state index contributed by atoms with van der Waals surface area (Å²) in [6, 6.07) is 23.6. The minimum Gasteiger partial charge on any atom is -0.488 e. The molecule has 38 heavy (non-hydrogen) atoms. The molecule has 0 fully saturated rings. The van der Waals surface area contributed by atoms with Crippen LogP contribution in [0.15, 0.2) is 87.5 Å². The highest BCUT2D eigenvalue weighted by atomic mass is 127. The van der Waals surface area contributed by atoms with Gasteiger partial charge in [-0.2, -0.15) is 5.10 Å². The van der Waals surface area contributed by atoms with E-state index in [2.05, 4.69) is 64.6 Å². The molecule has 11 heteroatoms. The molecule has 2 N–H and O–H groups in total. The fourth-order valence-corrected chi connectivity index (χ4v) is 4.82. The summed E-state index contributed by atoms with van der Waals surface area (Å²) in [7, 11) is 1.89. The number of carbonyl (C=O) groups is 1. The van der Waals surface area contributed by atoms with E-state index >= 15 is 0 Å². The molecule has 1 heterocycles. The minimum absolute atomic E-state index is 0.0496. The second kappa shape index (κ2) is 13.8. The molecule has 8 nitrogen and oxygen atoms in total. The molecule has 0 aliphatic heterocycles. The molecule has 4 rings (SSSR count). The average molecular weight is 705 g/mol. The maximum Gasteiger partial charge on any atom is 0.250 e. The van der Waals surface area contributed by atoms with E-state index in [0.717, 1.165) is 27.1 Å². The van der Waals surface area contributed by atoms with Gasteiger partial charge in [0.05, 0.1) is 18.0 Å². The van der Waals surface area contributed by atoms with Gasteiger partial charge in [0, 0.05) is 26.3 Å². The summed E-state index contributed by atoms with van der Waals surface area (Å²) < 4.78 is 10.0. The number of ether oxygens (including phenoxy) is 1. The first-order valence-corrected chi connectivity index (χ1v) is 14.6. The number of halogens is 2. The minimum atomic E-state index is -0.242. The van der Waals surface area contributed by atoms with Crippen molar-refractivity contribution in [2.45, 2.75) is 24.7 Å². The number of amides is 1. The van der Waals surface area contributed by atoms with Crippen molar-refractivity contribution < 1.29 is 9.53 Å². The van der Waals surface area contributed by atoms with Gasteiger partial charge in [-0.1, -0.05) is 52.0 Å². The Bertz CT molecular complexity index is 1400. The lowest BCUT2D eigenvalue weighted by Crippen LogP contribution is -2.20. The number of thioether (sulfide) groups is 1. The zero-order valence-corrected chi connectivity index (χ0v) is 25.3. The van der Waals surface area contributed by atoms with Crippen molar-refractivity contribution in [2.24, 2.45) is 12.1 Å². The second-order valence-electron chi connectivity index (χ2n) is 8.31. The summed E-state index contributed by atoms with van der Waals surface area (Å²) in [5, 5.41) is 16.8. The van der Waals surface area contributed by atoms with Gasteiger partial charge in [-0.15, -0.1) is 10.2 Å². The zero-order valence-electron chi connectivity index (χ0n) is 20.8. The van der Waals surface area contributed by atoms with Crippen molar-refractivity contribution in [2.75, 3.05) is 11.1 Å². The Balaban J connectivity index is 1.27. The number of aromatic nitrogens is 3. The van der Waals surface area contributed by atoms with E-state index < -0.39 is 0 Å². The third-order valence-electron chi connectivity index (χ3n) is 5.44. The number of para-hydroxylation sites is 1. The molecule has 0 radical (unpaired) electrons. The Labute approximate surface area is 247 Å². The Morgan fingerprint density at radius 1 is 1.13 bits per heavy atom. The molecule has 1 aromatic heterocycles. The number of nitrogens with zero attached hydrogens (tertiary/aromatic N) is 4. The Morgan fingerprint density at radius 2 is 1.87 bits per heavy atom. The fourth-order valence-electron chi connectivity index (χ4n) is 3.49. The van der Waals surface area contributed by atoms with E-state index in [1.54, 1.807) is 6.21 Å². The Morgan fingerprint density at radius 3 is 2.63 bits per heavy atom. The highest BCUT2D eigenvalue weighted by Crippen LogP contribution is 2.23. The number of anilines is 1. The van der Waals surface area contributed by atoms with Crippen molar-refractivity contribution in [3.8, 4) is 5.75 Å². The van der Waals surface area contributed by atoms with Gasteiger partial charge in [-0.25, -0.2) is 5.43 Å². The van der Waals surface area contributed by atoms with Crippen LogP contribution in [0.25, 0.3) is 0 Å². The smallest absolute Gasteiger partial charge is 0.250 e. The van der Waals surface area contributed by atoms with Gasteiger partial charge < -0.3 is 14.6 Å². The molecule has 0 saturated heterocycles. The summed E-state index contributed by atoms with van der Waals surface area (Å²) in [5.41, 5.74) is 5.40. The molecule has 0 unspecified atom stereocenters. The van der Waals surface area contributed by atoms with Crippen LogP contribution in [0.5, 0.6) is 5.75 Å². The maximum atomic E-state index is 12.4. The number of nitrogens with one attached hydrogen (secondary N) is 2. The van der Waals surface area contributed by atoms with Crippen LogP contribution in [0.4, 0.5) is 5.69 Å². The normalized spacial score (nSPS) is 11.9. The van der Waals surface area contributed by atoms with Crippen molar-refractivity contribution in [1.29, 1.82) is 0 Å². The maximum absolute atomic E-state index is 12.4. The van der Waals surface area contributed by atoms with Crippen LogP contribution in [0.2, 0.25) is 0 Å². The van der Waals surface area contributed by atoms with Gasteiger partial charge >= 0.3 is 0 Å². The van der Waals surface area contributed by atoms with Gasteiger partial charge in [-0.3, -0.25) is 4.79 Å². The molecular formula is C27H26BrIN6O2S. The van der Waals surface area contributed by atoms with Crippen LogP contribution in [-0.2, 0) is 18.4 Å². The van der Waals surface area contributed by atoms with E-state index in [-0.39, 0.29) is 17.7 Å². The van der Waals surface area contributed by atoms with Gasteiger partial charge in [0.1, 0.15) is 12.4 Å². The summed E-state index contributed by atoms with van der Waals surface area (Å²) in [4.78, 5) is 12.4. The van der Waals surface area contributed by atoms with Crippen molar-refractivity contribution in [3.63, 3.8) is 0 Å². The molecule has 4 aromatic rings. The number of benzene rings is 3. The van der Waals surface area contributed by atoms with Gasteiger partial charge in [0.2, 0.25) is 0 Å². The van der Waals surface area contributed by atoms with Crippen molar-refractivity contribution >= 4 is 68.1 Å². The van der Waals surface area contributed by atoms with E-state index in [1.807, 2.05) is 91.3 Å². The predicted molar refractivity (Wildman–Crippen MR) is 164 cm³/mol. The molecule has 0 saturated carbocycles. The first-order valence-electron chi connectivity index (χ1n) is 11.7. The summed E-state index contributed by atoms with van der Waals surface area (Å²) in [5.74, 6) is 1.38. The standard InChI is InChI=1S/C27H26BrIN6O2S/c1-18(31-23-13-11-22(29)12-14-23)26-33-34-27(35(26)2)38-17-25(36)32-30-15-20-5-3-4-6-24(20)37-16-19-7-9-21(28)10-8-19/h3-15,18,31H,16-17H2,1-2H3,(H,32,36)/t18-/m0/s1. The van der Waals surface area contributed by atoms with Crippen LogP contribution in [0.1, 0.15) is 29.9 Å².